The molecule has 3 N–H and O–H groups in total. The fourth-order valence-electron chi connectivity index (χ4n) is 7.84. The standard InChI is InChI=1S/C40H55N7O10S/c1-39(2,3)57-38(51)41-31-24-45(4)14-8-6-7-9-26-22-40(26,37(50)44-58(52,53)29-11-12-29)43-34(48)32-21-28(23-47(32)36(31)49)56-35-30-13-10-27(54-5)19-25(30)20-33(42-35)46-15-17-55-18-16-46/h7,9-10,13,19-20,26,28-29,31-32H,6,8,11-12,14-18,21-24H2,1-5H3,(H,41,51)(H,43,48)(H,44,50)/t26?,28?,31-,32-,40+/m0/s1. The molecule has 4 fully saturated rings. The van der Waals surface area contributed by atoms with Gasteiger partial charge in [0.1, 0.15) is 40.9 Å². The van der Waals surface area contributed by atoms with E-state index in [4.69, 9.17) is 23.9 Å². The molecule has 5 atom stereocenters. The second-order valence-corrected chi connectivity index (χ2v) is 18.9. The second kappa shape index (κ2) is 16.5. The molecule has 7 rings (SSSR count). The predicted octanol–water partition coefficient (Wildman–Crippen LogP) is 2.09. The zero-order valence-corrected chi connectivity index (χ0v) is 34.6. The average molecular weight is 826 g/mol. The van der Waals surface area contributed by atoms with Crippen molar-refractivity contribution >= 4 is 50.4 Å². The molecule has 17 nitrogen and oxygen atoms in total. The molecule has 58 heavy (non-hydrogen) atoms. The second-order valence-electron chi connectivity index (χ2n) is 16.9. The largest absolute Gasteiger partial charge is 0.497 e. The van der Waals surface area contributed by atoms with E-state index in [1.165, 1.54) is 4.90 Å². The summed E-state index contributed by atoms with van der Waals surface area (Å²) in [7, 11) is -0.475. The van der Waals surface area contributed by atoms with Crippen molar-refractivity contribution in [2.45, 2.75) is 93.9 Å². The minimum Gasteiger partial charge on any atom is -0.497 e. The molecule has 2 saturated heterocycles. The Morgan fingerprint density at radius 3 is 2.53 bits per heavy atom. The van der Waals surface area contributed by atoms with Crippen LogP contribution in [0.2, 0.25) is 0 Å². The minimum absolute atomic E-state index is 0.0201. The maximum Gasteiger partial charge on any atom is 0.408 e. The summed E-state index contributed by atoms with van der Waals surface area (Å²) in [5.41, 5.74) is -2.37. The third-order valence-corrected chi connectivity index (χ3v) is 13.0. The number of likely N-dealkylation sites (N-methyl/N-ethyl adjacent to an activating group) is 1. The summed E-state index contributed by atoms with van der Waals surface area (Å²) in [6.45, 7) is 8.17. The number of hydrogen-bond donors (Lipinski definition) is 3. The van der Waals surface area contributed by atoms with Gasteiger partial charge in [-0.3, -0.25) is 19.1 Å². The maximum absolute atomic E-state index is 14.7. The molecular weight excluding hydrogens is 771 g/mol. The number of ether oxygens (including phenoxy) is 4. The average Bonchev–Trinajstić information content (AvgIpc) is 4.10. The number of nitrogens with zero attached hydrogens (tertiary/aromatic N) is 4. The number of alkyl carbamates (subject to hydrolysis) is 1. The molecule has 2 unspecified atom stereocenters. The number of aromatic nitrogens is 1. The number of sulfonamides is 1. The van der Waals surface area contributed by atoms with Crippen LogP contribution in [0.4, 0.5) is 10.6 Å². The number of allylic oxidation sites excluding steroid dienone is 1. The molecule has 18 heteroatoms. The Labute approximate surface area is 339 Å². The van der Waals surface area contributed by atoms with E-state index in [2.05, 4.69) is 20.3 Å². The molecule has 0 spiro atoms. The molecule has 4 heterocycles. The first-order valence-corrected chi connectivity index (χ1v) is 21.6. The van der Waals surface area contributed by atoms with Crippen molar-refractivity contribution in [3.8, 4) is 11.6 Å². The van der Waals surface area contributed by atoms with Crippen molar-refractivity contribution in [2.75, 3.05) is 65.0 Å². The van der Waals surface area contributed by atoms with Gasteiger partial charge in [0, 0.05) is 37.4 Å². The smallest absolute Gasteiger partial charge is 0.408 e. The molecule has 2 saturated carbocycles. The van der Waals surface area contributed by atoms with Crippen molar-refractivity contribution in [2.24, 2.45) is 5.92 Å². The van der Waals surface area contributed by atoms with E-state index in [1.54, 1.807) is 33.9 Å². The fourth-order valence-corrected chi connectivity index (χ4v) is 9.20. The highest BCUT2D eigenvalue weighted by Crippen LogP contribution is 2.46. The van der Waals surface area contributed by atoms with Gasteiger partial charge >= 0.3 is 6.09 Å². The monoisotopic (exact) mass is 825 g/mol. The Bertz CT molecular complexity index is 2050. The van der Waals surface area contributed by atoms with Gasteiger partial charge in [0.05, 0.1) is 32.1 Å². The molecule has 4 amide bonds. The summed E-state index contributed by atoms with van der Waals surface area (Å²) in [6, 6.07) is 5.24. The van der Waals surface area contributed by atoms with Crippen LogP contribution in [0, 0.1) is 5.92 Å². The molecular formula is C40H55N7O10S. The number of fused-ring (bicyclic) bond motifs is 3. The van der Waals surface area contributed by atoms with E-state index >= 15 is 0 Å². The van der Waals surface area contributed by atoms with Crippen molar-refractivity contribution < 1.29 is 46.5 Å². The summed E-state index contributed by atoms with van der Waals surface area (Å²) >= 11 is 0. The molecule has 2 aliphatic carbocycles. The third kappa shape index (κ3) is 9.44. The van der Waals surface area contributed by atoms with E-state index in [0.29, 0.717) is 81.4 Å². The highest BCUT2D eigenvalue weighted by molar-refractivity contribution is 7.91. The van der Waals surface area contributed by atoms with Crippen molar-refractivity contribution in [3.05, 3.63) is 36.4 Å². The number of nitrogens with one attached hydrogen (secondary N) is 3. The molecule has 0 bridgehead atoms. The first-order chi connectivity index (χ1) is 27.5. The summed E-state index contributed by atoms with van der Waals surface area (Å²) < 4.78 is 51.4. The number of pyridine rings is 1. The van der Waals surface area contributed by atoms with E-state index in [1.807, 2.05) is 42.3 Å². The topological polar surface area (TPSA) is 198 Å². The third-order valence-electron chi connectivity index (χ3n) is 11.2. The Balaban J connectivity index is 1.23. The van der Waals surface area contributed by atoms with Crippen molar-refractivity contribution in [1.82, 2.24) is 30.1 Å². The Kier molecular flexibility index (Phi) is 11.8. The Morgan fingerprint density at radius 2 is 1.83 bits per heavy atom. The summed E-state index contributed by atoms with van der Waals surface area (Å²) in [6.07, 6.45) is 4.74. The van der Waals surface area contributed by atoms with Crippen LogP contribution in [0.5, 0.6) is 11.6 Å². The lowest BCUT2D eigenvalue weighted by atomic mass is 10.1. The zero-order chi connectivity index (χ0) is 41.4. The number of morpholine rings is 1. The number of benzene rings is 1. The zero-order valence-electron chi connectivity index (χ0n) is 33.8. The van der Waals surface area contributed by atoms with Gasteiger partial charge < -0.3 is 44.3 Å². The van der Waals surface area contributed by atoms with Crippen molar-refractivity contribution in [1.29, 1.82) is 0 Å². The van der Waals surface area contributed by atoms with E-state index in [0.717, 1.165) is 5.39 Å². The lowest BCUT2D eigenvalue weighted by Gasteiger charge is -2.32. The lowest BCUT2D eigenvalue weighted by molar-refractivity contribution is -0.141. The number of carbonyl (C=O) groups is 4. The molecule has 1 aromatic carbocycles. The van der Waals surface area contributed by atoms with Crippen LogP contribution in [0.25, 0.3) is 10.8 Å². The quantitative estimate of drug-likeness (QED) is 0.328. The number of methoxy groups -OCH3 is 1. The highest BCUT2D eigenvalue weighted by Gasteiger charge is 2.62. The summed E-state index contributed by atoms with van der Waals surface area (Å²) in [5, 5.41) is 6.53. The van der Waals surface area contributed by atoms with Crippen LogP contribution in [-0.4, -0.2) is 142 Å². The van der Waals surface area contributed by atoms with E-state index < -0.39 is 74.3 Å². The highest BCUT2D eigenvalue weighted by atomic mass is 32.2. The maximum atomic E-state index is 14.7. The van der Waals surface area contributed by atoms with Crippen LogP contribution in [0.3, 0.4) is 0 Å². The van der Waals surface area contributed by atoms with Crippen LogP contribution < -0.4 is 29.7 Å². The Hall–Kier alpha value is -4.68. The molecule has 3 aliphatic heterocycles. The van der Waals surface area contributed by atoms with Gasteiger partial charge in [-0.1, -0.05) is 12.2 Å². The number of anilines is 1. The normalized spacial score (nSPS) is 27.4. The van der Waals surface area contributed by atoms with Gasteiger partial charge in [0.15, 0.2) is 0 Å². The fraction of sp³-hybridized carbons (Fsp3) is 0.625. The Morgan fingerprint density at radius 1 is 1.07 bits per heavy atom. The molecule has 5 aliphatic rings. The van der Waals surface area contributed by atoms with Gasteiger partial charge in [0.2, 0.25) is 27.7 Å². The van der Waals surface area contributed by atoms with Gasteiger partial charge in [-0.05, 0) is 96.1 Å². The van der Waals surface area contributed by atoms with Gasteiger partial charge in [-0.15, -0.1) is 0 Å². The molecule has 0 radical (unpaired) electrons. The molecule has 316 valence electrons. The molecule has 1 aromatic heterocycles. The summed E-state index contributed by atoms with van der Waals surface area (Å²) in [5.74, 6) is -0.807. The van der Waals surface area contributed by atoms with Crippen LogP contribution in [0.15, 0.2) is 36.4 Å². The van der Waals surface area contributed by atoms with E-state index in [-0.39, 0.29) is 25.9 Å². The predicted molar refractivity (Wildman–Crippen MR) is 214 cm³/mol. The van der Waals surface area contributed by atoms with Gasteiger partial charge in [-0.2, -0.15) is 4.98 Å². The number of hydrogen-bond acceptors (Lipinski definition) is 13. The first-order valence-electron chi connectivity index (χ1n) is 20.1. The van der Waals surface area contributed by atoms with Gasteiger partial charge in [0.25, 0.3) is 5.91 Å². The van der Waals surface area contributed by atoms with Gasteiger partial charge in [-0.25, -0.2) is 13.2 Å². The number of carbonyl (C=O) groups excluding carboxylic acids is 4. The van der Waals surface area contributed by atoms with Crippen LogP contribution >= 0.6 is 0 Å². The first kappa shape index (κ1) is 41.5. The SMILES string of the molecule is COc1ccc2c(OC3C[C@H]4C(=O)N[C@]5(C(=O)NS(=O)(=O)C6CC6)CC5C=CCCCN(C)C[C@H](NC(=O)OC(C)(C)C)C(=O)N4C3)nc(N3CCOCC3)cc2c1. The summed E-state index contributed by atoms with van der Waals surface area (Å²) in [4.78, 5) is 66.7. The van der Waals surface area contributed by atoms with Crippen LogP contribution in [-0.2, 0) is 33.9 Å². The number of amides is 4. The molecule has 2 aromatic rings. The number of rotatable bonds is 8. The van der Waals surface area contributed by atoms with E-state index in [9.17, 15) is 27.6 Å². The van der Waals surface area contributed by atoms with Crippen molar-refractivity contribution in [3.63, 3.8) is 0 Å². The van der Waals surface area contributed by atoms with Crippen LogP contribution in [0.1, 0.15) is 59.3 Å². The minimum atomic E-state index is -3.91. The lowest BCUT2D eigenvalue weighted by Crippen LogP contribution is -2.59.